The number of hydrogen-bond donors (Lipinski definition) is 1. The van der Waals surface area contributed by atoms with Crippen molar-refractivity contribution >= 4 is 28.6 Å². The molecule has 178 valence electrons. The predicted molar refractivity (Wildman–Crippen MR) is 130 cm³/mol. The molecular formula is C24H39ClN6O. The van der Waals surface area contributed by atoms with Crippen molar-refractivity contribution in [3.63, 3.8) is 0 Å². The maximum Gasteiger partial charge on any atom is 0.226 e. The van der Waals surface area contributed by atoms with Crippen LogP contribution in [0.3, 0.4) is 0 Å². The molecule has 8 heteroatoms. The van der Waals surface area contributed by atoms with E-state index in [4.69, 9.17) is 16.3 Å². The van der Waals surface area contributed by atoms with Crippen molar-refractivity contribution in [2.45, 2.75) is 96.6 Å². The number of nitrogens with zero attached hydrogens (tertiary/aromatic N) is 5. The Kier molecular flexibility index (Phi) is 8.61. The number of nitrogens with one attached hydrogen (secondary N) is 1. The van der Waals surface area contributed by atoms with Gasteiger partial charge in [-0.15, -0.1) is 0 Å². The van der Waals surface area contributed by atoms with Crippen molar-refractivity contribution in [2.24, 2.45) is 5.92 Å². The minimum absolute atomic E-state index is 0.276. The van der Waals surface area contributed by atoms with Crippen LogP contribution in [0, 0.1) is 5.92 Å². The average Bonchev–Trinajstić information content (AvgIpc) is 3.46. The third-order valence-corrected chi connectivity index (χ3v) is 7.24. The van der Waals surface area contributed by atoms with Crippen molar-refractivity contribution in [3.05, 3.63) is 11.6 Å². The van der Waals surface area contributed by atoms with Crippen molar-refractivity contribution in [3.8, 4) is 0 Å². The van der Waals surface area contributed by atoms with Gasteiger partial charge in [0, 0.05) is 25.7 Å². The fourth-order valence-corrected chi connectivity index (χ4v) is 5.43. The van der Waals surface area contributed by atoms with E-state index in [1.165, 1.54) is 51.4 Å². The third kappa shape index (κ3) is 5.72. The Bertz CT molecular complexity index is 844. The normalized spacial score (nSPS) is 19.7. The van der Waals surface area contributed by atoms with E-state index < -0.39 is 0 Å². The second kappa shape index (κ2) is 11.6. The summed E-state index contributed by atoms with van der Waals surface area (Å²) in [6, 6.07) is 0.474. The number of ether oxygens (including phenoxy) is 1. The van der Waals surface area contributed by atoms with Crippen molar-refractivity contribution in [1.29, 1.82) is 0 Å². The lowest BCUT2D eigenvalue weighted by atomic mass is 9.88. The number of piperidine rings is 1. The minimum atomic E-state index is 0.276. The smallest absolute Gasteiger partial charge is 0.226 e. The van der Waals surface area contributed by atoms with Gasteiger partial charge in [0.05, 0.1) is 12.4 Å². The van der Waals surface area contributed by atoms with Crippen LogP contribution in [0.1, 0.15) is 90.5 Å². The van der Waals surface area contributed by atoms with Gasteiger partial charge in [-0.3, -0.25) is 0 Å². The Morgan fingerprint density at radius 1 is 1.09 bits per heavy atom. The number of hydrogen-bond acceptors (Lipinski definition) is 6. The minimum Gasteiger partial charge on any atom is -0.378 e. The van der Waals surface area contributed by atoms with E-state index >= 15 is 0 Å². The molecule has 32 heavy (non-hydrogen) atoms. The molecule has 1 unspecified atom stereocenters. The maximum atomic E-state index is 6.31. The number of anilines is 1. The molecule has 0 aromatic carbocycles. The summed E-state index contributed by atoms with van der Waals surface area (Å²) in [5, 5.41) is 2.53. The second-order valence-corrected chi connectivity index (χ2v) is 9.78. The number of fused-ring (bicyclic) bond motifs is 1. The summed E-state index contributed by atoms with van der Waals surface area (Å²) >= 11 is 6.31. The standard InChI is InChI=1S/C24H39ClN6O/c1-3-5-6-11-20(32-16-4-2)18-12-14-30(15-13-18)29-22-21-23(28-24(25)27-22)31(17-26-21)19-9-7-8-10-19/h17-20H,3-16H2,1-2H3,(H,27,28,29). The Balaban J connectivity index is 1.39. The molecule has 4 rings (SSSR count). The second-order valence-electron chi connectivity index (χ2n) is 9.44. The molecule has 1 saturated heterocycles. The highest BCUT2D eigenvalue weighted by atomic mass is 35.5. The molecule has 1 N–H and O–H groups in total. The van der Waals surface area contributed by atoms with Crippen LogP contribution < -0.4 is 5.43 Å². The van der Waals surface area contributed by atoms with E-state index in [2.05, 4.69) is 43.8 Å². The lowest BCUT2D eigenvalue weighted by Crippen LogP contribution is -2.41. The summed E-state index contributed by atoms with van der Waals surface area (Å²) in [4.78, 5) is 13.7. The highest BCUT2D eigenvalue weighted by Crippen LogP contribution is 2.33. The fraction of sp³-hybridized carbons (Fsp3) is 0.792. The molecule has 2 fully saturated rings. The van der Waals surface area contributed by atoms with Crippen LogP contribution in [0.5, 0.6) is 0 Å². The summed E-state index contributed by atoms with van der Waals surface area (Å²) in [6.07, 6.45) is 15.6. The predicted octanol–water partition coefficient (Wildman–Crippen LogP) is 6.01. The number of halogens is 1. The molecule has 2 aliphatic rings. The third-order valence-electron chi connectivity index (χ3n) is 7.07. The van der Waals surface area contributed by atoms with Crippen molar-refractivity contribution in [1.82, 2.24) is 24.5 Å². The molecule has 0 amide bonds. The molecule has 1 aliphatic carbocycles. The first kappa shape index (κ1) is 23.7. The summed E-state index contributed by atoms with van der Waals surface area (Å²) < 4.78 is 8.46. The number of imidazole rings is 1. The van der Waals surface area contributed by atoms with Gasteiger partial charge < -0.3 is 14.7 Å². The molecule has 3 heterocycles. The van der Waals surface area contributed by atoms with Crippen LogP contribution in [0.15, 0.2) is 6.33 Å². The van der Waals surface area contributed by atoms with Gasteiger partial charge in [-0.2, -0.15) is 9.97 Å². The average molecular weight is 463 g/mol. The van der Waals surface area contributed by atoms with E-state index in [-0.39, 0.29) is 5.28 Å². The largest absolute Gasteiger partial charge is 0.378 e. The summed E-state index contributed by atoms with van der Waals surface area (Å²) in [5.74, 6) is 1.35. The molecule has 2 aromatic heterocycles. The Morgan fingerprint density at radius 2 is 1.88 bits per heavy atom. The highest BCUT2D eigenvalue weighted by molar-refractivity contribution is 6.28. The molecule has 7 nitrogen and oxygen atoms in total. The summed E-state index contributed by atoms with van der Waals surface area (Å²) in [7, 11) is 0. The zero-order valence-electron chi connectivity index (χ0n) is 19.7. The molecule has 0 radical (unpaired) electrons. The van der Waals surface area contributed by atoms with Crippen LogP contribution in [0.4, 0.5) is 5.82 Å². The zero-order valence-corrected chi connectivity index (χ0v) is 20.5. The quantitative estimate of drug-likeness (QED) is 0.326. The lowest BCUT2D eigenvalue weighted by molar-refractivity contribution is -0.0131. The zero-order chi connectivity index (χ0) is 22.3. The Hall–Kier alpha value is -1.44. The molecule has 0 bridgehead atoms. The molecular weight excluding hydrogens is 424 g/mol. The van der Waals surface area contributed by atoms with Crippen molar-refractivity contribution in [2.75, 3.05) is 25.1 Å². The monoisotopic (exact) mass is 462 g/mol. The first-order chi connectivity index (χ1) is 15.7. The van der Waals surface area contributed by atoms with E-state index in [0.717, 1.165) is 55.9 Å². The van der Waals surface area contributed by atoms with E-state index in [1.54, 1.807) is 0 Å². The first-order valence-corrected chi connectivity index (χ1v) is 13.1. The van der Waals surface area contributed by atoms with Crippen LogP contribution in [0.25, 0.3) is 11.2 Å². The van der Waals surface area contributed by atoms with Crippen LogP contribution in [0.2, 0.25) is 5.28 Å². The van der Waals surface area contributed by atoms with Crippen LogP contribution in [-0.2, 0) is 4.74 Å². The van der Waals surface area contributed by atoms with Gasteiger partial charge in [0.2, 0.25) is 5.28 Å². The van der Waals surface area contributed by atoms with Gasteiger partial charge in [-0.05, 0) is 56.0 Å². The van der Waals surface area contributed by atoms with E-state index in [0.29, 0.717) is 18.1 Å². The van der Waals surface area contributed by atoms with Gasteiger partial charge in [0.1, 0.15) is 0 Å². The number of rotatable bonds is 11. The van der Waals surface area contributed by atoms with Gasteiger partial charge in [-0.25, -0.2) is 9.99 Å². The van der Waals surface area contributed by atoms with Gasteiger partial charge >= 0.3 is 0 Å². The summed E-state index contributed by atoms with van der Waals surface area (Å²) in [5.41, 5.74) is 5.16. The van der Waals surface area contributed by atoms with E-state index in [9.17, 15) is 0 Å². The Labute approximate surface area is 197 Å². The van der Waals surface area contributed by atoms with Gasteiger partial charge in [0.25, 0.3) is 0 Å². The lowest BCUT2D eigenvalue weighted by Gasteiger charge is -2.36. The van der Waals surface area contributed by atoms with Crippen molar-refractivity contribution < 1.29 is 4.74 Å². The maximum absolute atomic E-state index is 6.31. The van der Waals surface area contributed by atoms with E-state index in [1.807, 2.05) is 6.33 Å². The molecule has 2 aromatic rings. The SMILES string of the molecule is CCCCCC(OCCC)C1CCN(Nc2nc(Cl)nc3c2ncn3C2CCCC2)CC1. The van der Waals surface area contributed by atoms with Gasteiger partial charge in [-0.1, -0.05) is 46.0 Å². The van der Waals surface area contributed by atoms with Crippen LogP contribution in [-0.4, -0.2) is 50.3 Å². The molecule has 1 aliphatic heterocycles. The number of unbranched alkanes of at least 4 members (excludes halogenated alkanes) is 2. The Morgan fingerprint density at radius 3 is 2.59 bits per heavy atom. The first-order valence-electron chi connectivity index (χ1n) is 12.7. The van der Waals surface area contributed by atoms with Gasteiger partial charge in [0.15, 0.2) is 17.0 Å². The summed E-state index contributed by atoms with van der Waals surface area (Å²) in [6.45, 7) is 7.26. The number of hydrazine groups is 1. The van der Waals surface area contributed by atoms with Crippen LogP contribution >= 0.6 is 11.6 Å². The molecule has 1 atom stereocenters. The molecule has 1 saturated carbocycles. The highest BCUT2D eigenvalue weighted by Gasteiger charge is 2.28. The topological polar surface area (TPSA) is 68.1 Å². The number of aromatic nitrogens is 4. The fourth-order valence-electron chi connectivity index (χ4n) is 5.27. The molecule has 0 spiro atoms.